The molecule has 0 amide bonds. The average Bonchev–Trinajstić information content (AvgIpc) is 3.24. The lowest BCUT2D eigenvalue weighted by Gasteiger charge is -2.14. The van der Waals surface area contributed by atoms with Crippen molar-refractivity contribution in [3.63, 3.8) is 0 Å². The molecule has 2 aromatic carbocycles. The molecule has 0 saturated heterocycles. The highest BCUT2D eigenvalue weighted by Crippen LogP contribution is 2.26. The van der Waals surface area contributed by atoms with Crippen molar-refractivity contribution in [1.29, 1.82) is 0 Å². The normalized spacial score (nSPS) is 11.8. The molecule has 0 aliphatic rings. The number of carbonyl (C=O) groups is 1. The first-order chi connectivity index (χ1) is 15.6. The molecular formula is C26H33N3O3. The number of benzene rings is 2. The number of hydrogen-bond acceptors (Lipinski definition) is 5. The van der Waals surface area contributed by atoms with Gasteiger partial charge >= 0.3 is 5.97 Å². The van der Waals surface area contributed by atoms with Crippen LogP contribution < -0.4 is 10.5 Å². The van der Waals surface area contributed by atoms with E-state index in [1.807, 2.05) is 49.4 Å². The summed E-state index contributed by atoms with van der Waals surface area (Å²) in [6.07, 6.45) is 5.96. The first-order valence-electron chi connectivity index (χ1n) is 11.3. The zero-order valence-corrected chi connectivity index (χ0v) is 19.0. The van der Waals surface area contributed by atoms with E-state index in [1.54, 1.807) is 7.11 Å². The Morgan fingerprint density at radius 2 is 1.91 bits per heavy atom. The van der Waals surface area contributed by atoms with Crippen molar-refractivity contribution < 1.29 is 14.3 Å². The quantitative estimate of drug-likeness (QED) is 0.322. The van der Waals surface area contributed by atoms with Crippen molar-refractivity contribution in [2.75, 3.05) is 13.7 Å². The largest absolute Gasteiger partial charge is 0.497 e. The Bertz CT molecular complexity index is 985. The Labute approximate surface area is 190 Å². The predicted molar refractivity (Wildman–Crippen MR) is 126 cm³/mol. The summed E-state index contributed by atoms with van der Waals surface area (Å²) in [5, 5.41) is 0. The number of unbranched alkanes of at least 4 members (excludes halogenated alkanes) is 2. The van der Waals surface area contributed by atoms with Gasteiger partial charge in [-0.2, -0.15) is 0 Å². The van der Waals surface area contributed by atoms with E-state index in [0.29, 0.717) is 13.0 Å². The van der Waals surface area contributed by atoms with Crippen LogP contribution in [-0.4, -0.2) is 29.2 Å². The standard InChI is InChI=1S/C26H33N3O3/c1-3-32-25(30)15-8-5-9-16-29-19-24(21-13-10-14-22(18-21)31-2)28-26(29)23(27)17-20-11-6-4-7-12-20/h4,6-7,10-14,18-19,23H,3,5,8-9,15-17,27H2,1-2H3/t23-/m0/s1. The number of ether oxygens (including phenoxy) is 2. The molecular weight excluding hydrogens is 402 g/mol. The molecule has 0 radical (unpaired) electrons. The maximum atomic E-state index is 11.5. The minimum absolute atomic E-state index is 0.124. The third-order valence-corrected chi connectivity index (χ3v) is 5.39. The van der Waals surface area contributed by atoms with Crippen LogP contribution in [0.15, 0.2) is 60.8 Å². The smallest absolute Gasteiger partial charge is 0.305 e. The van der Waals surface area contributed by atoms with E-state index >= 15 is 0 Å². The van der Waals surface area contributed by atoms with Crippen molar-refractivity contribution in [3.8, 4) is 17.0 Å². The van der Waals surface area contributed by atoms with Crippen LogP contribution in [0.4, 0.5) is 0 Å². The molecule has 1 aromatic heterocycles. The lowest BCUT2D eigenvalue weighted by atomic mass is 10.1. The maximum Gasteiger partial charge on any atom is 0.305 e. The fourth-order valence-corrected chi connectivity index (χ4v) is 3.75. The molecule has 6 nitrogen and oxygen atoms in total. The first kappa shape index (κ1) is 23.5. The number of nitrogens with two attached hydrogens (primary N) is 1. The summed E-state index contributed by atoms with van der Waals surface area (Å²) in [5.74, 6) is 1.55. The van der Waals surface area contributed by atoms with Gasteiger partial charge in [-0.15, -0.1) is 0 Å². The number of aromatic nitrogens is 2. The summed E-state index contributed by atoms with van der Waals surface area (Å²) in [4.78, 5) is 16.5. The van der Waals surface area contributed by atoms with Crippen molar-refractivity contribution in [3.05, 3.63) is 72.2 Å². The fraction of sp³-hybridized carbons (Fsp3) is 0.385. The van der Waals surface area contributed by atoms with Crippen molar-refractivity contribution >= 4 is 5.97 Å². The Morgan fingerprint density at radius 3 is 2.66 bits per heavy atom. The van der Waals surface area contributed by atoms with Crippen molar-refractivity contribution in [2.24, 2.45) is 5.73 Å². The SMILES string of the molecule is CCOC(=O)CCCCCn1cc(-c2cccc(OC)c2)nc1[C@@H](N)Cc1ccccc1. The van der Waals surface area contributed by atoms with Crippen LogP contribution in [0.3, 0.4) is 0 Å². The minimum Gasteiger partial charge on any atom is -0.497 e. The average molecular weight is 436 g/mol. The molecule has 0 aliphatic carbocycles. The predicted octanol–water partition coefficient (Wildman–Crippen LogP) is 4.92. The third kappa shape index (κ3) is 6.69. The lowest BCUT2D eigenvalue weighted by molar-refractivity contribution is -0.143. The number of hydrogen-bond donors (Lipinski definition) is 1. The highest BCUT2D eigenvalue weighted by Gasteiger charge is 2.17. The van der Waals surface area contributed by atoms with E-state index in [2.05, 4.69) is 22.9 Å². The van der Waals surface area contributed by atoms with E-state index in [9.17, 15) is 4.79 Å². The summed E-state index contributed by atoms with van der Waals surface area (Å²) < 4.78 is 12.5. The van der Waals surface area contributed by atoms with Gasteiger partial charge in [0.25, 0.3) is 0 Å². The van der Waals surface area contributed by atoms with Gasteiger partial charge in [0.15, 0.2) is 0 Å². The van der Waals surface area contributed by atoms with Gasteiger partial charge in [-0.3, -0.25) is 4.79 Å². The summed E-state index contributed by atoms with van der Waals surface area (Å²) in [7, 11) is 1.66. The number of nitrogens with zero attached hydrogens (tertiary/aromatic N) is 2. The number of rotatable bonds is 12. The van der Waals surface area contributed by atoms with Gasteiger partial charge < -0.3 is 19.8 Å². The molecule has 1 heterocycles. The van der Waals surface area contributed by atoms with Crippen LogP contribution in [0.1, 0.15) is 50.0 Å². The van der Waals surface area contributed by atoms with Crippen LogP contribution in [0.5, 0.6) is 5.75 Å². The van der Waals surface area contributed by atoms with E-state index in [4.69, 9.17) is 20.2 Å². The number of aryl methyl sites for hydroxylation is 1. The molecule has 6 heteroatoms. The van der Waals surface area contributed by atoms with Crippen LogP contribution in [0.2, 0.25) is 0 Å². The van der Waals surface area contributed by atoms with Crippen LogP contribution in [-0.2, 0) is 22.5 Å². The van der Waals surface area contributed by atoms with E-state index in [1.165, 1.54) is 5.56 Å². The Morgan fingerprint density at radius 1 is 1.09 bits per heavy atom. The molecule has 0 aliphatic heterocycles. The second kappa shape index (κ2) is 12.1. The molecule has 0 fully saturated rings. The molecule has 0 unspecified atom stereocenters. The van der Waals surface area contributed by atoms with Crippen LogP contribution in [0, 0.1) is 0 Å². The highest BCUT2D eigenvalue weighted by molar-refractivity contribution is 5.69. The Hall–Kier alpha value is -3.12. The van der Waals surface area contributed by atoms with Gasteiger partial charge in [-0.05, 0) is 43.9 Å². The van der Waals surface area contributed by atoms with Crippen molar-refractivity contribution in [2.45, 2.75) is 51.6 Å². The van der Waals surface area contributed by atoms with Crippen LogP contribution >= 0.6 is 0 Å². The molecule has 2 N–H and O–H groups in total. The maximum absolute atomic E-state index is 11.5. The zero-order valence-electron chi connectivity index (χ0n) is 19.0. The fourth-order valence-electron chi connectivity index (χ4n) is 3.75. The summed E-state index contributed by atoms with van der Waals surface area (Å²) in [6, 6.07) is 17.9. The van der Waals surface area contributed by atoms with E-state index < -0.39 is 0 Å². The van der Waals surface area contributed by atoms with E-state index in [0.717, 1.165) is 55.1 Å². The van der Waals surface area contributed by atoms with E-state index in [-0.39, 0.29) is 12.0 Å². The van der Waals surface area contributed by atoms with Gasteiger partial charge in [0.1, 0.15) is 11.6 Å². The monoisotopic (exact) mass is 435 g/mol. The topological polar surface area (TPSA) is 79.4 Å². The van der Waals surface area contributed by atoms with Gasteiger partial charge in [0.2, 0.25) is 0 Å². The summed E-state index contributed by atoms with van der Waals surface area (Å²) in [6.45, 7) is 3.07. The molecule has 0 spiro atoms. The molecule has 32 heavy (non-hydrogen) atoms. The molecule has 1 atom stereocenters. The second-order valence-corrected chi connectivity index (χ2v) is 7.82. The third-order valence-electron chi connectivity index (χ3n) is 5.39. The van der Waals surface area contributed by atoms with Crippen LogP contribution in [0.25, 0.3) is 11.3 Å². The number of imidazole rings is 1. The minimum atomic E-state index is -0.212. The number of carbonyl (C=O) groups excluding carboxylic acids is 1. The molecule has 0 saturated carbocycles. The van der Waals surface area contributed by atoms with Gasteiger partial charge in [0, 0.05) is 24.7 Å². The molecule has 3 aromatic rings. The van der Waals surface area contributed by atoms with Gasteiger partial charge in [0.05, 0.1) is 25.5 Å². The molecule has 170 valence electrons. The first-order valence-corrected chi connectivity index (χ1v) is 11.3. The lowest BCUT2D eigenvalue weighted by Crippen LogP contribution is -2.19. The molecule has 0 bridgehead atoms. The summed E-state index contributed by atoms with van der Waals surface area (Å²) in [5.41, 5.74) is 9.68. The molecule has 3 rings (SSSR count). The number of methoxy groups -OCH3 is 1. The number of esters is 1. The van der Waals surface area contributed by atoms with Gasteiger partial charge in [-0.1, -0.05) is 48.9 Å². The van der Waals surface area contributed by atoms with Crippen molar-refractivity contribution in [1.82, 2.24) is 9.55 Å². The zero-order chi connectivity index (χ0) is 22.8. The Balaban J connectivity index is 1.73. The second-order valence-electron chi connectivity index (χ2n) is 7.82. The summed E-state index contributed by atoms with van der Waals surface area (Å²) >= 11 is 0. The van der Waals surface area contributed by atoms with Gasteiger partial charge in [-0.25, -0.2) is 4.98 Å². The highest BCUT2D eigenvalue weighted by atomic mass is 16.5. The Kier molecular flexibility index (Phi) is 8.87.